The van der Waals surface area contributed by atoms with E-state index < -0.39 is 5.97 Å². The van der Waals surface area contributed by atoms with Crippen LogP contribution in [0, 0.1) is 0 Å². The number of carbonyl (C=O) groups excluding carboxylic acids is 1. The summed E-state index contributed by atoms with van der Waals surface area (Å²) in [6.07, 6.45) is 1.60. The predicted octanol–water partition coefficient (Wildman–Crippen LogP) is 2.05. The molecular weight excluding hydrogens is 240 g/mol. The van der Waals surface area contributed by atoms with Gasteiger partial charge in [0.05, 0.1) is 10.6 Å². The molecule has 0 aromatic heterocycles. The standard InChI is InChI=1S/C12H11ClN2O2/c1-15(2)7-10-12(16)17-11(14-10)8-5-3-4-6-9(8)13/h3-7H,1-2H3. The van der Waals surface area contributed by atoms with Crippen LogP contribution in [0.25, 0.3) is 0 Å². The highest BCUT2D eigenvalue weighted by molar-refractivity contribution is 6.34. The lowest BCUT2D eigenvalue weighted by Crippen LogP contribution is -2.08. The van der Waals surface area contributed by atoms with Gasteiger partial charge in [0.15, 0.2) is 5.70 Å². The molecule has 1 aliphatic heterocycles. The largest absolute Gasteiger partial charge is 0.402 e. The molecule has 0 fully saturated rings. The maximum absolute atomic E-state index is 11.5. The average molecular weight is 251 g/mol. The van der Waals surface area contributed by atoms with Crippen LogP contribution in [0.5, 0.6) is 0 Å². The first-order chi connectivity index (χ1) is 8.08. The van der Waals surface area contributed by atoms with Crippen LogP contribution in [-0.2, 0) is 9.53 Å². The van der Waals surface area contributed by atoms with Crippen molar-refractivity contribution in [2.24, 2.45) is 4.99 Å². The van der Waals surface area contributed by atoms with E-state index in [9.17, 15) is 4.79 Å². The molecule has 0 spiro atoms. The van der Waals surface area contributed by atoms with E-state index in [1.165, 1.54) is 0 Å². The SMILES string of the molecule is CN(C)C=C1N=C(c2ccccc2Cl)OC1=O. The molecular formula is C12H11ClN2O2. The van der Waals surface area contributed by atoms with E-state index in [0.717, 1.165) is 0 Å². The topological polar surface area (TPSA) is 41.9 Å². The number of cyclic esters (lactones) is 1. The normalized spacial score (nSPS) is 17.0. The zero-order chi connectivity index (χ0) is 12.4. The summed E-state index contributed by atoms with van der Waals surface area (Å²) < 4.78 is 5.07. The molecule has 1 heterocycles. The molecule has 0 aliphatic carbocycles. The number of carbonyl (C=O) groups is 1. The Morgan fingerprint density at radius 3 is 2.71 bits per heavy atom. The van der Waals surface area contributed by atoms with Gasteiger partial charge in [0, 0.05) is 20.3 Å². The quantitative estimate of drug-likeness (QED) is 0.596. The lowest BCUT2D eigenvalue weighted by atomic mass is 10.2. The van der Waals surface area contributed by atoms with Crippen LogP contribution >= 0.6 is 11.6 Å². The van der Waals surface area contributed by atoms with Crippen molar-refractivity contribution in [1.29, 1.82) is 0 Å². The number of esters is 1. The predicted molar refractivity (Wildman–Crippen MR) is 65.9 cm³/mol. The van der Waals surface area contributed by atoms with Gasteiger partial charge < -0.3 is 9.64 Å². The average Bonchev–Trinajstić information content (AvgIpc) is 2.60. The van der Waals surface area contributed by atoms with Gasteiger partial charge >= 0.3 is 5.97 Å². The van der Waals surface area contributed by atoms with Gasteiger partial charge in [-0.3, -0.25) is 0 Å². The number of ether oxygens (including phenoxy) is 1. The van der Waals surface area contributed by atoms with Crippen molar-refractivity contribution in [3.05, 3.63) is 46.7 Å². The van der Waals surface area contributed by atoms with Crippen LogP contribution in [0.1, 0.15) is 5.56 Å². The van der Waals surface area contributed by atoms with E-state index in [2.05, 4.69) is 4.99 Å². The van der Waals surface area contributed by atoms with E-state index in [4.69, 9.17) is 16.3 Å². The smallest absolute Gasteiger partial charge is 0.365 e. The highest BCUT2D eigenvalue weighted by atomic mass is 35.5. The molecule has 0 atom stereocenters. The van der Waals surface area contributed by atoms with Crippen LogP contribution in [0.4, 0.5) is 0 Å². The van der Waals surface area contributed by atoms with Gasteiger partial charge in [-0.1, -0.05) is 23.7 Å². The van der Waals surface area contributed by atoms with Crippen molar-refractivity contribution < 1.29 is 9.53 Å². The lowest BCUT2D eigenvalue weighted by molar-refractivity contribution is -0.130. The minimum Gasteiger partial charge on any atom is -0.402 e. The number of hydrogen-bond donors (Lipinski definition) is 0. The third-order valence-electron chi connectivity index (χ3n) is 2.11. The molecule has 1 aliphatic rings. The van der Waals surface area contributed by atoms with Gasteiger partial charge in [0.1, 0.15) is 0 Å². The van der Waals surface area contributed by atoms with Crippen LogP contribution in [-0.4, -0.2) is 30.9 Å². The van der Waals surface area contributed by atoms with Crippen LogP contribution in [0.15, 0.2) is 41.2 Å². The molecule has 0 radical (unpaired) electrons. The number of hydrogen-bond acceptors (Lipinski definition) is 4. The van der Waals surface area contributed by atoms with Gasteiger partial charge in [-0.15, -0.1) is 0 Å². The van der Waals surface area contributed by atoms with Gasteiger partial charge in [0.25, 0.3) is 0 Å². The fourth-order valence-electron chi connectivity index (χ4n) is 1.39. The van der Waals surface area contributed by atoms with Crippen molar-refractivity contribution >= 4 is 23.5 Å². The fraction of sp³-hybridized carbons (Fsp3) is 0.167. The van der Waals surface area contributed by atoms with E-state index in [1.807, 2.05) is 20.2 Å². The minimum atomic E-state index is -0.464. The summed E-state index contributed by atoms with van der Waals surface area (Å²) in [5, 5.41) is 0.505. The first-order valence-corrected chi connectivity index (χ1v) is 5.40. The summed E-state index contributed by atoms with van der Waals surface area (Å²) in [6, 6.07) is 7.10. The first-order valence-electron chi connectivity index (χ1n) is 5.02. The van der Waals surface area contributed by atoms with Crippen molar-refractivity contribution in [2.45, 2.75) is 0 Å². The molecule has 5 heteroatoms. The summed E-state index contributed by atoms with van der Waals surface area (Å²) in [6.45, 7) is 0. The van der Waals surface area contributed by atoms with E-state index >= 15 is 0 Å². The third kappa shape index (κ3) is 2.47. The maximum atomic E-state index is 11.5. The van der Waals surface area contributed by atoms with Crippen LogP contribution < -0.4 is 0 Å². The zero-order valence-electron chi connectivity index (χ0n) is 9.48. The minimum absolute atomic E-state index is 0.244. The van der Waals surface area contributed by atoms with Gasteiger partial charge in [-0.2, -0.15) is 0 Å². The first kappa shape index (κ1) is 11.7. The Hall–Kier alpha value is -1.81. The lowest BCUT2D eigenvalue weighted by Gasteiger charge is -2.02. The molecule has 2 rings (SSSR count). The van der Waals surface area contributed by atoms with E-state index in [-0.39, 0.29) is 11.6 Å². The molecule has 0 unspecified atom stereocenters. The number of aliphatic imine (C=N–C) groups is 1. The van der Waals surface area contributed by atoms with E-state index in [1.54, 1.807) is 29.3 Å². The second kappa shape index (κ2) is 4.59. The second-order valence-corrected chi connectivity index (χ2v) is 4.17. The molecule has 0 amide bonds. The summed E-state index contributed by atoms with van der Waals surface area (Å²) in [7, 11) is 3.62. The Kier molecular flexibility index (Phi) is 3.15. The van der Waals surface area contributed by atoms with Crippen molar-refractivity contribution in [3.63, 3.8) is 0 Å². The highest BCUT2D eigenvalue weighted by Crippen LogP contribution is 2.22. The summed E-state index contributed by atoms with van der Waals surface area (Å²) in [5.41, 5.74) is 0.884. The molecule has 1 aromatic rings. The number of nitrogens with zero attached hydrogens (tertiary/aromatic N) is 2. The van der Waals surface area contributed by atoms with Crippen LogP contribution in [0.3, 0.4) is 0 Å². The number of halogens is 1. The van der Waals surface area contributed by atoms with Crippen molar-refractivity contribution in [3.8, 4) is 0 Å². The Labute approximate surface area is 104 Å². The molecule has 0 saturated carbocycles. The molecule has 17 heavy (non-hydrogen) atoms. The van der Waals surface area contributed by atoms with E-state index in [0.29, 0.717) is 10.6 Å². The molecule has 1 aromatic carbocycles. The second-order valence-electron chi connectivity index (χ2n) is 3.76. The Morgan fingerprint density at radius 1 is 1.35 bits per heavy atom. The number of rotatable bonds is 2. The van der Waals surface area contributed by atoms with Crippen LogP contribution in [0.2, 0.25) is 5.02 Å². The summed E-state index contributed by atoms with van der Waals surface area (Å²) >= 11 is 6.00. The molecule has 88 valence electrons. The summed E-state index contributed by atoms with van der Waals surface area (Å²) in [4.78, 5) is 17.4. The molecule has 0 saturated heterocycles. The Morgan fingerprint density at radius 2 is 2.06 bits per heavy atom. The van der Waals surface area contributed by atoms with Crippen molar-refractivity contribution in [2.75, 3.05) is 14.1 Å². The Balaban J connectivity index is 2.37. The Bertz CT molecular complexity index is 521. The monoisotopic (exact) mass is 250 g/mol. The molecule has 0 N–H and O–H groups in total. The maximum Gasteiger partial charge on any atom is 0.365 e. The van der Waals surface area contributed by atoms with Gasteiger partial charge in [-0.25, -0.2) is 9.79 Å². The summed E-state index contributed by atoms with van der Waals surface area (Å²) in [5.74, 6) is -0.220. The molecule has 0 bridgehead atoms. The molecule has 4 nitrogen and oxygen atoms in total. The third-order valence-corrected chi connectivity index (χ3v) is 2.43. The highest BCUT2D eigenvalue weighted by Gasteiger charge is 2.25. The van der Waals surface area contributed by atoms with Gasteiger partial charge in [0.2, 0.25) is 5.90 Å². The van der Waals surface area contributed by atoms with Crippen molar-refractivity contribution in [1.82, 2.24) is 4.90 Å². The number of benzene rings is 1. The van der Waals surface area contributed by atoms with Gasteiger partial charge in [-0.05, 0) is 12.1 Å². The fourth-order valence-corrected chi connectivity index (χ4v) is 1.61. The zero-order valence-corrected chi connectivity index (χ0v) is 10.2.